The van der Waals surface area contributed by atoms with Gasteiger partial charge < -0.3 is 4.74 Å². The van der Waals surface area contributed by atoms with Gasteiger partial charge in [0.25, 0.3) is 0 Å². The molecule has 0 aliphatic heterocycles. The van der Waals surface area contributed by atoms with Gasteiger partial charge in [-0.05, 0) is 0 Å². The third kappa shape index (κ3) is 10.9. The van der Waals surface area contributed by atoms with Gasteiger partial charge in [0.15, 0.2) is 0 Å². The number of rotatable bonds is 0. The average Bonchev–Trinajstić information content (AvgIpc) is 2.06. The second-order valence-electron chi connectivity index (χ2n) is 1.73. The molecule has 0 heterocycles. The van der Waals surface area contributed by atoms with E-state index in [1.807, 2.05) is 36.4 Å². The van der Waals surface area contributed by atoms with E-state index in [1.54, 1.807) is 0 Å². The van der Waals surface area contributed by atoms with E-state index in [0.717, 1.165) is 0 Å². The fraction of sp³-hybridized carbons (Fsp3) is 0. The van der Waals surface area contributed by atoms with Crippen LogP contribution in [0.15, 0.2) is 36.4 Å². The molecule has 1 aromatic carbocycles. The average molecular weight is 221 g/mol. The maximum Gasteiger partial charge on any atom is 0.412 e. The Balaban J connectivity index is 0.000000223. The van der Waals surface area contributed by atoms with E-state index < -0.39 is 10.9 Å². The van der Waals surface area contributed by atoms with Gasteiger partial charge in [-0.15, -0.1) is 0 Å². The molecule has 3 nitrogen and oxygen atoms in total. The Bertz CT molecular complexity index is 223. The molecule has 0 amide bonds. The van der Waals surface area contributed by atoms with Gasteiger partial charge in [0.2, 0.25) is 0 Å². The predicted molar refractivity (Wildman–Crippen MR) is 50.0 cm³/mol. The zero-order valence-electron chi connectivity index (χ0n) is 6.44. The summed E-state index contributed by atoms with van der Waals surface area (Å²) in [6, 6.07) is 12.0. The molecular weight excluding hydrogens is 215 g/mol. The first-order valence-corrected chi connectivity index (χ1v) is 3.95. The topological polar surface area (TPSA) is 43.4 Å². The molecule has 13 heavy (non-hydrogen) atoms. The van der Waals surface area contributed by atoms with Crippen molar-refractivity contribution in [1.82, 2.24) is 0 Å². The lowest BCUT2D eigenvalue weighted by atomic mass is 10.4. The molecule has 70 valence electrons. The Hall–Kier alpha value is -1.06. The minimum Gasteiger partial charge on any atom is -0.368 e. The SMILES string of the molecule is O=C(Cl)OC(=O)Cl.c1ccccc1. The Morgan fingerprint density at radius 2 is 1.00 bits per heavy atom. The maximum absolute atomic E-state index is 9.49. The minimum atomic E-state index is -1.22. The number of carbonyl (C=O) groups is 2. The molecule has 0 aromatic heterocycles. The number of halogens is 2. The molecule has 5 heteroatoms. The Morgan fingerprint density at radius 1 is 0.769 bits per heavy atom. The lowest BCUT2D eigenvalue weighted by molar-refractivity contribution is 0.185. The van der Waals surface area contributed by atoms with Crippen LogP contribution in [0.3, 0.4) is 0 Å². The van der Waals surface area contributed by atoms with E-state index in [1.165, 1.54) is 0 Å². The van der Waals surface area contributed by atoms with E-state index in [4.69, 9.17) is 0 Å². The summed E-state index contributed by atoms with van der Waals surface area (Å²) in [5.74, 6) is 0. The number of carbonyl (C=O) groups excluding carboxylic acids is 2. The molecule has 1 rings (SSSR count). The van der Waals surface area contributed by atoms with Crippen LogP contribution >= 0.6 is 23.2 Å². The third-order valence-corrected chi connectivity index (χ3v) is 0.981. The zero-order valence-corrected chi connectivity index (χ0v) is 7.96. The molecule has 0 radical (unpaired) electrons. The van der Waals surface area contributed by atoms with Gasteiger partial charge >= 0.3 is 10.9 Å². The van der Waals surface area contributed by atoms with Gasteiger partial charge in [0, 0.05) is 23.2 Å². The summed E-state index contributed by atoms with van der Waals surface area (Å²) in [5, 5.41) is 0. The lowest BCUT2D eigenvalue weighted by Crippen LogP contribution is -1.94. The van der Waals surface area contributed by atoms with Crippen LogP contribution in [0.5, 0.6) is 0 Å². The van der Waals surface area contributed by atoms with Crippen LogP contribution < -0.4 is 0 Å². The number of ether oxygens (including phenoxy) is 1. The van der Waals surface area contributed by atoms with E-state index in [9.17, 15) is 9.59 Å². The van der Waals surface area contributed by atoms with Crippen molar-refractivity contribution in [2.75, 3.05) is 0 Å². The smallest absolute Gasteiger partial charge is 0.368 e. The van der Waals surface area contributed by atoms with E-state index >= 15 is 0 Å². The van der Waals surface area contributed by atoms with Gasteiger partial charge in [-0.2, -0.15) is 0 Å². The lowest BCUT2D eigenvalue weighted by Gasteiger charge is -1.82. The van der Waals surface area contributed by atoms with Crippen molar-refractivity contribution in [3.63, 3.8) is 0 Å². The van der Waals surface area contributed by atoms with Crippen molar-refractivity contribution in [2.24, 2.45) is 0 Å². The van der Waals surface area contributed by atoms with Gasteiger partial charge in [-0.25, -0.2) is 9.59 Å². The van der Waals surface area contributed by atoms with E-state index in [-0.39, 0.29) is 0 Å². The summed E-state index contributed by atoms with van der Waals surface area (Å²) in [5.41, 5.74) is -2.44. The predicted octanol–water partition coefficient (Wildman–Crippen LogP) is 3.41. The zero-order chi connectivity index (χ0) is 10.1. The van der Waals surface area contributed by atoms with E-state index in [0.29, 0.717) is 0 Å². The van der Waals surface area contributed by atoms with Crippen LogP contribution in [0.1, 0.15) is 0 Å². The second kappa shape index (κ2) is 7.58. The Labute approximate surface area is 85.2 Å². The minimum absolute atomic E-state index is 1.22. The second-order valence-corrected chi connectivity index (χ2v) is 2.35. The van der Waals surface area contributed by atoms with Gasteiger partial charge in [0.1, 0.15) is 0 Å². The molecule has 0 N–H and O–H groups in total. The van der Waals surface area contributed by atoms with Crippen molar-refractivity contribution >= 4 is 34.1 Å². The Morgan fingerprint density at radius 3 is 1.08 bits per heavy atom. The molecule has 0 atom stereocenters. The summed E-state index contributed by atoms with van der Waals surface area (Å²) in [6.07, 6.45) is 0. The summed E-state index contributed by atoms with van der Waals surface area (Å²) < 4.78 is 3.50. The van der Waals surface area contributed by atoms with Crippen molar-refractivity contribution in [3.05, 3.63) is 36.4 Å². The largest absolute Gasteiger partial charge is 0.412 e. The highest BCUT2D eigenvalue weighted by Crippen LogP contribution is 1.91. The maximum atomic E-state index is 9.49. The summed E-state index contributed by atoms with van der Waals surface area (Å²) in [7, 11) is 0. The summed E-state index contributed by atoms with van der Waals surface area (Å²) >= 11 is 9.01. The molecule has 0 unspecified atom stereocenters. The first-order chi connectivity index (χ1) is 6.13. The van der Waals surface area contributed by atoms with Gasteiger partial charge in [-0.1, -0.05) is 36.4 Å². The standard InChI is InChI=1S/C6H6.C2Cl2O3/c1-2-4-6-5-3-1;3-1(5)7-2(4)6/h1-6H;. The van der Waals surface area contributed by atoms with Crippen molar-refractivity contribution in [2.45, 2.75) is 0 Å². The first-order valence-electron chi connectivity index (χ1n) is 3.19. The number of hydrogen-bond acceptors (Lipinski definition) is 3. The Kier molecular flexibility index (Phi) is 6.96. The highest BCUT2D eigenvalue weighted by Gasteiger charge is 1.99. The molecule has 0 aliphatic carbocycles. The van der Waals surface area contributed by atoms with Gasteiger partial charge in [0.05, 0.1) is 0 Å². The number of benzene rings is 1. The van der Waals surface area contributed by atoms with Crippen molar-refractivity contribution in [3.8, 4) is 0 Å². The normalized spacial score (nSPS) is 7.85. The van der Waals surface area contributed by atoms with Crippen LogP contribution in [0, 0.1) is 0 Å². The molecule has 0 bridgehead atoms. The highest BCUT2D eigenvalue weighted by molar-refractivity contribution is 6.67. The first kappa shape index (κ1) is 11.9. The fourth-order valence-corrected chi connectivity index (χ4v) is 0.628. The summed E-state index contributed by atoms with van der Waals surface area (Å²) in [6.45, 7) is 0. The molecule has 0 saturated heterocycles. The van der Waals surface area contributed by atoms with E-state index in [2.05, 4.69) is 27.9 Å². The van der Waals surface area contributed by atoms with Crippen LogP contribution in [0.4, 0.5) is 9.59 Å². The molecule has 0 fully saturated rings. The monoisotopic (exact) mass is 220 g/mol. The van der Waals surface area contributed by atoms with Crippen LogP contribution in [0.2, 0.25) is 0 Å². The molecular formula is C8H6Cl2O3. The van der Waals surface area contributed by atoms with Gasteiger partial charge in [-0.3, -0.25) is 0 Å². The van der Waals surface area contributed by atoms with Crippen molar-refractivity contribution < 1.29 is 14.3 Å². The number of hydrogen-bond donors (Lipinski definition) is 0. The molecule has 0 aliphatic rings. The summed E-state index contributed by atoms with van der Waals surface area (Å²) in [4.78, 5) is 19.0. The highest BCUT2D eigenvalue weighted by atomic mass is 35.5. The third-order valence-electron chi connectivity index (χ3n) is 0.827. The fourth-order valence-electron chi connectivity index (χ4n) is 0.448. The quantitative estimate of drug-likeness (QED) is 0.498. The van der Waals surface area contributed by atoms with Crippen molar-refractivity contribution in [1.29, 1.82) is 0 Å². The van der Waals surface area contributed by atoms with Crippen LogP contribution in [0.25, 0.3) is 0 Å². The van der Waals surface area contributed by atoms with Crippen LogP contribution in [-0.4, -0.2) is 10.9 Å². The molecule has 1 aromatic rings. The molecule has 0 saturated carbocycles. The van der Waals surface area contributed by atoms with Crippen LogP contribution in [-0.2, 0) is 4.74 Å². The molecule has 0 spiro atoms.